The van der Waals surface area contributed by atoms with E-state index in [4.69, 9.17) is 18.0 Å². The highest BCUT2D eigenvalue weighted by Gasteiger charge is 2.64. The van der Waals surface area contributed by atoms with E-state index in [1.165, 1.54) is 0 Å². The van der Waals surface area contributed by atoms with Crippen molar-refractivity contribution in [3.05, 3.63) is 29.3 Å². The van der Waals surface area contributed by atoms with E-state index >= 15 is 0 Å². The van der Waals surface area contributed by atoms with Gasteiger partial charge < -0.3 is 11.1 Å². The molecule has 0 aliphatic heterocycles. The summed E-state index contributed by atoms with van der Waals surface area (Å²) in [6.07, 6.45) is 0. The lowest BCUT2D eigenvalue weighted by molar-refractivity contribution is 0.457. The average molecular weight is 298 g/mol. The normalized spacial score (nSPS) is 19.7. The number of hydrogen-bond acceptors (Lipinski definition) is 2. The van der Waals surface area contributed by atoms with Crippen molar-refractivity contribution in [2.24, 2.45) is 22.5 Å². The van der Waals surface area contributed by atoms with E-state index in [2.05, 4.69) is 33.0 Å². The first-order valence-electron chi connectivity index (χ1n) is 6.61. The van der Waals surface area contributed by atoms with Crippen molar-refractivity contribution < 1.29 is 8.78 Å². The smallest absolute Gasteiger partial charge is 0.150 e. The van der Waals surface area contributed by atoms with Gasteiger partial charge >= 0.3 is 0 Å². The Morgan fingerprint density at radius 3 is 2.00 bits per heavy atom. The Labute approximate surface area is 123 Å². The third-order valence-electron chi connectivity index (χ3n) is 5.13. The van der Waals surface area contributed by atoms with E-state index in [0.717, 1.165) is 12.1 Å². The van der Waals surface area contributed by atoms with Crippen LogP contribution in [0.2, 0.25) is 0 Å². The van der Waals surface area contributed by atoms with E-state index in [1.54, 1.807) is 0 Å². The van der Waals surface area contributed by atoms with Crippen molar-refractivity contribution in [1.82, 2.24) is 0 Å². The van der Waals surface area contributed by atoms with Crippen molar-refractivity contribution in [3.63, 3.8) is 0 Å². The van der Waals surface area contributed by atoms with Gasteiger partial charge in [-0.2, -0.15) is 0 Å². The Bertz CT molecular complexity index is 530. The highest BCUT2D eigenvalue weighted by atomic mass is 32.1. The molecule has 0 spiro atoms. The third kappa shape index (κ3) is 2.28. The molecule has 1 aromatic rings. The highest BCUT2D eigenvalue weighted by molar-refractivity contribution is 7.80. The fourth-order valence-electron chi connectivity index (χ4n) is 2.93. The van der Waals surface area contributed by atoms with E-state index in [0.29, 0.717) is 12.5 Å². The monoisotopic (exact) mass is 298 g/mol. The Balaban J connectivity index is 2.14. The fraction of sp³-hybridized carbons (Fsp3) is 0.533. The maximum absolute atomic E-state index is 13.9. The Kier molecular flexibility index (Phi) is 3.53. The van der Waals surface area contributed by atoms with Crippen LogP contribution in [0.15, 0.2) is 12.1 Å². The van der Waals surface area contributed by atoms with Crippen LogP contribution < -0.4 is 11.1 Å². The number of halogens is 2. The summed E-state index contributed by atoms with van der Waals surface area (Å²) in [5.41, 5.74) is 5.82. The van der Waals surface area contributed by atoms with E-state index in [-0.39, 0.29) is 27.1 Å². The van der Waals surface area contributed by atoms with Crippen LogP contribution in [0.3, 0.4) is 0 Å². The van der Waals surface area contributed by atoms with Crippen LogP contribution in [0, 0.1) is 28.4 Å². The Morgan fingerprint density at radius 1 is 1.20 bits per heavy atom. The van der Waals surface area contributed by atoms with Gasteiger partial charge in [0.05, 0.1) is 0 Å². The fourth-order valence-corrected chi connectivity index (χ4v) is 3.05. The molecule has 0 saturated heterocycles. The summed E-state index contributed by atoms with van der Waals surface area (Å²) in [6, 6.07) is 2.33. The second-order valence-electron chi connectivity index (χ2n) is 6.56. The SMILES string of the molecule is CC1(C)C(CNc2c(F)cc(C(N)=S)cc2F)C1(C)C. The molecule has 2 nitrogen and oxygen atoms in total. The van der Waals surface area contributed by atoms with Crippen LogP contribution in [-0.2, 0) is 0 Å². The minimum absolute atomic E-state index is 0.0150. The van der Waals surface area contributed by atoms with Crippen LogP contribution >= 0.6 is 12.2 Å². The minimum atomic E-state index is -0.663. The molecule has 0 heterocycles. The van der Waals surface area contributed by atoms with Crippen LogP contribution in [0.25, 0.3) is 0 Å². The largest absolute Gasteiger partial charge is 0.389 e. The van der Waals surface area contributed by atoms with Gasteiger partial charge in [0.1, 0.15) is 22.3 Å². The topological polar surface area (TPSA) is 38.0 Å². The second-order valence-corrected chi connectivity index (χ2v) is 7.00. The molecule has 1 fully saturated rings. The molecule has 1 aliphatic rings. The summed E-state index contributed by atoms with van der Waals surface area (Å²) in [7, 11) is 0. The molecular weight excluding hydrogens is 278 g/mol. The number of rotatable bonds is 4. The van der Waals surface area contributed by atoms with Gasteiger partial charge in [0.15, 0.2) is 0 Å². The van der Waals surface area contributed by atoms with Gasteiger partial charge in [0.25, 0.3) is 0 Å². The Morgan fingerprint density at radius 2 is 1.65 bits per heavy atom. The summed E-state index contributed by atoms with van der Waals surface area (Å²) in [6.45, 7) is 9.22. The summed E-state index contributed by atoms with van der Waals surface area (Å²) >= 11 is 4.72. The van der Waals surface area contributed by atoms with Crippen molar-refractivity contribution in [3.8, 4) is 0 Å². The minimum Gasteiger partial charge on any atom is -0.389 e. The summed E-state index contributed by atoms with van der Waals surface area (Å²) in [5.74, 6) is -0.947. The van der Waals surface area contributed by atoms with Gasteiger partial charge in [-0.25, -0.2) is 8.78 Å². The Hall–Kier alpha value is -1.23. The molecule has 0 atom stereocenters. The van der Waals surface area contributed by atoms with Gasteiger partial charge in [0.2, 0.25) is 0 Å². The zero-order chi connectivity index (χ0) is 15.3. The van der Waals surface area contributed by atoms with Crippen molar-refractivity contribution in [2.45, 2.75) is 27.7 Å². The first-order chi connectivity index (χ1) is 9.09. The molecule has 110 valence electrons. The van der Waals surface area contributed by atoms with Crippen molar-refractivity contribution in [1.29, 1.82) is 0 Å². The van der Waals surface area contributed by atoms with Gasteiger partial charge in [0, 0.05) is 12.1 Å². The standard InChI is InChI=1S/C15H20F2N2S/c1-14(2)11(15(14,3)4)7-19-12-9(16)5-8(13(18)20)6-10(12)17/h5-6,11,19H,7H2,1-4H3,(H2,18,20). The molecule has 20 heavy (non-hydrogen) atoms. The first-order valence-corrected chi connectivity index (χ1v) is 7.02. The molecule has 0 bridgehead atoms. The molecule has 1 aliphatic carbocycles. The lowest BCUT2D eigenvalue weighted by Crippen LogP contribution is -2.14. The van der Waals surface area contributed by atoms with Gasteiger partial charge in [-0.15, -0.1) is 0 Å². The van der Waals surface area contributed by atoms with Crippen molar-refractivity contribution >= 4 is 22.9 Å². The maximum Gasteiger partial charge on any atom is 0.150 e. The third-order valence-corrected chi connectivity index (χ3v) is 5.36. The van der Waals surface area contributed by atoms with E-state index in [9.17, 15) is 8.78 Å². The predicted octanol–water partition coefficient (Wildman–Crippen LogP) is 3.69. The van der Waals surface area contributed by atoms with Gasteiger partial charge in [-0.3, -0.25) is 0 Å². The molecule has 2 rings (SSSR count). The van der Waals surface area contributed by atoms with Gasteiger partial charge in [-0.05, 0) is 28.9 Å². The zero-order valence-electron chi connectivity index (χ0n) is 12.2. The number of nitrogens with one attached hydrogen (secondary N) is 1. The highest BCUT2D eigenvalue weighted by Crippen LogP contribution is 2.68. The number of nitrogens with two attached hydrogens (primary N) is 1. The lowest BCUT2D eigenvalue weighted by atomic mass is 10.0. The zero-order valence-corrected chi connectivity index (χ0v) is 13.0. The van der Waals surface area contributed by atoms with E-state index in [1.807, 2.05) is 0 Å². The van der Waals surface area contributed by atoms with Gasteiger partial charge in [-0.1, -0.05) is 39.9 Å². The summed E-state index contributed by atoms with van der Waals surface area (Å²) in [5, 5.41) is 2.89. The number of thiocarbonyl (C=S) groups is 1. The molecule has 3 N–H and O–H groups in total. The summed E-state index contributed by atoms with van der Waals surface area (Å²) in [4.78, 5) is -0.0150. The van der Waals surface area contributed by atoms with Crippen molar-refractivity contribution in [2.75, 3.05) is 11.9 Å². The number of benzene rings is 1. The second kappa shape index (κ2) is 4.65. The molecule has 1 aromatic carbocycles. The molecular formula is C15H20F2N2S. The molecule has 0 radical (unpaired) electrons. The lowest BCUT2D eigenvalue weighted by Gasteiger charge is -2.11. The molecule has 0 unspecified atom stereocenters. The van der Waals surface area contributed by atoms with E-state index < -0.39 is 11.6 Å². The molecule has 1 saturated carbocycles. The first kappa shape index (κ1) is 15.2. The quantitative estimate of drug-likeness (QED) is 0.833. The maximum atomic E-state index is 13.9. The average Bonchev–Trinajstić information content (AvgIpc) is 2.69. The van der Waals surface area contributed by atoms with Crippen LogP contribution in [0.4, 0.5) is 14.5 Å². The molecule has 5 heteroatoms. The summed E-state index contributed by atoms with van der Waals surface area (Å²) < 4.78 is 27.8. The number of hydrogen-bond donors (Lipinski definition) is 2. The molecule has 0 aromatic heterocycles. The number of anilines is 1. The van der Waals surface area contributed by atoms with Crippen LogP contribution in [-0.4, -0.2) is 11.5 Å². The van der Waals surface area contributed by atoms with Crippen LogP contribution in [0.1, 0.15) is 33.3 Å². The molecule has 0 amide bonds. The van der Waals surface area contributed by atoms with Crippen LogP contribution in [0.5, 0.6) is 0 Å². The predicted molar refractivity (Wildman–Crippen MR) is 81.8 cm³/mol.